The average molecular weight is 268 g/mol. The van der Waals surface area contributed by atoms with Crippen molar-refractivity contribution >= 4 is 0 Å². The molecule has 1 heterocycles. The van der Waals surface area contributed by atoms with E-state index < -0.39 is 6.10 Å². The minimum atomic E-state index is -0.684. The molecular formula is C15H21FO3. The van der Waals surface area contributed by atoms with Crippen LogP contribution in [0.5, 0.6) is 5.75 Å². The Morgan fingerprint density at radius 3 is 2.84 bits per heavy atom. The van der Waals surface area contributed by atoms with Crippen LogP contribution in [0.2, 0.25) is 0 Å². The molecule has 0 saturated carbocycles. The third-order valence-electron chi connectivity index (χ3n) is 3.40. The van der Waals surface area contributed by atoms with Crippen LogP contribution in [-0.2, 0) is 4.74 Å². The molecule has 106 valence electrons. The van der Waals surface area contributed by atoms with Gasteiger partial charge in [-0.15, -0.1) is 0 Å². The second kappa shape index (κ2) is 5.47. The predicted molar refractivity (Wildman–Crippen MR) is 70.7 cm³/mol. The number of rotatable bonds is 4. The number of aliphatic hydroxyl groups is 1. The summed E-state index contributed by atoms with van der Waals surface area (Å²) < 4.78 is 24.7. The molecule has 1 saturated heterocycles. The summed E-state index contributed by atoms with van der Waals surface area (Å²) in [5.74, 6) is 0.0235. The van der Waals surface area contributed by atoms with E-state index in [4.69, 9.17) is 9.47 Å². The van der Waals surface area contributed by atoms with Crippen LogP contribution in [0, 0.1) is 5.82 Å². The Kier molecular flexibility index (Phi) is 4.11. The van der Waals surface area contributed by atoms with Crippen molar-refractivity contribution in [3.8, 4) is 5.75 Å². The van der Waals surface area contributed by atoms with Gasteiger partial charge in [-0.25, -0.2) is 4.39 Å². The predicted octanol–water partition coefficient (Wildman–Crippen LogP) is 3.22. The number of ether oxygens (including phenoxy) is 2. The zero-order chi connectivity index (χ0) is 14.0. The highest BCUT2D eigenvalue weighted by Crippen LogP contribution is 2.31. The maximum Gasteiger partial charge on any atom is 0.128 e. The SMILES string of the molecule is C[C@H](O)c1ccc(F)cc1OCC1CCC(C)(C)O1. The molecule has 0 amide bonds. The molecule has 1 fully saturated rings. The highest BCUT2D eigenvalue weighted by Gasteiger charge is 2.32. The van der Waals surface area contributed by atoms with Crippen LogP contribution in [0.25, 0.3) is 0 Å². The Bertz CT molecular complexity index is 443. The van der Waals surface area contributed by atoms with Crippen molar-refractivity contribution in [3.63, 3.8) is 0 Å². The van der Waals surface area contributed by atoms with Crippen molar-refractivity contribution in [2.24, 2.45) is 0 Å². The molecule has 1 unspecified atom stereocenters. The third-order valence-corrected chi connectivity index (χ3v) is 3.40. The van der Waals surface area contributed by atoms with Gasteiger partial charge >= 0.3 is 0 Å². The van der Waals surface area contributed by atoms with Gasteiger partial charge in [0.1, 0.15) is 18.2 Å². The third kappa shape index (κ3) is 3.67. The van der Waals surface area contributed by atoms with Crippen molar-refractivity contribution in [1.82, 2.24) is 0 Å². The first-order valence-electron chi connectivity index (χ1n) is 6.65. The maximum atomic E-state index is 13.2. The molecule has 19 heavy (non-hydrogen) atoms. The standard InChI is InChI=1S/C15H21FO3/c1-10(17)13-5-4-11(16)8-14(13)18-9-12-6-7-15(2,3)19-12/h4-5,8,10,12,17H,6-7,9H2,1-3H3/t10-,12?/m0/s1. The van der Waals surface area contributed by atoms with E-state index in [2.05, 4.69) is 13.8 Å². The Morgan fingerprint density at radius 1 is 1.53 bits per heavy atom. The van der Waals surface area contributed by atoms with Crippen LogP contribution >= 0.6 is 0 Å². The summed E-state index contributed by atoms with van der Waals surface area (Å²) in [6.45, 7) is 6.12. The number of hydrogen-bond acceptors (Lipinski definition) is 3. The molecule has 4 heteroatoms. The monoisotopic (exact) mass is 268 g/mol. The number of hydrogen-bond donors (Lipinski definition) is 1. The molecule has 1 aliphatic rings. The maximum absolute atomic E-state index is 13.2. The van der Waals surface area contributed by atoms with Gasteiger partial charge in [0.2, 0.25) is 0 Å². The summed E-state index contributed by atoms with van der Waals surface area (Å²) in [7, 11) is 0. The Balaban J connectivity index is 2.01. The Hall–Kier alpha value is -1.13. The first-order chi connectivity index (χ1) is 8.87. The first kappa shape index (κ1) is 14.3. The van der Waals surface area contributed by atoms with E-state index >= 15 is 0 Å². The number of halogens is 1. The van der Waals surface area contributed by atoms with Gasteiger partial charge < -0.3 is 14.6 Å². The molecule has 2 atom stereocenters. The summed E-state index contributed by atoms with van der Waals surface area (Å²) in [4.78, 5) is 0. The van der Waals surface area contributed by atoms with E-state index in [-0.39, 0.29) is 17.5 Å². The van der Waals surface area contributed by atoms with Crippen molar-refractivity contribution in [2.45, 2.75) is 51.4 Å². The van der Waals surface area contributed by atoms with E-state index in [0.29, 0.717) is 17.9 Å². The normalized spacial score (nSPS) is 23.3. The van der Waals surface area contributed by atoms with E-state index in [1.165, 1.54) is 12.1 Å². The molecular weight excluding hydrogens is 247 g/mol. The fraction of sp³-hybridized carbons (Fsp3) is 0.600. The van der Waals surface area contributed by atoms with Gasteiger partial charge in [-0.2, -0.15) is 0 Å². The lowest BCUT2D eigenvalue weighted by atomic mass is 10.1. The lowest BCUT2D eigenvalue weighted by Gasteiger charge is -2.20. The smallest absolute Gasteiger partial charge is 0.128 e. The van der Waals surface area contributed by atoms with E-state index in [1.807, 2.05) is 0 Å². The Labute approximate surface area is 113 Å². The van der Waals surface area contributed by atoms with Crippen LogP contribution in [0.3, 0.4) is 0 Å². The van der Waals surface area contributed by atoms with Gasteiger partial charge in [-0.1, -0.05) is 0 Å². The minimum Gasteiger partial charge on any atom is -0.490 e. The number of benzene rings is 1. The van der Waals surface area contributed by atoms with Crippen LogP contribution < -0.4 is 4.74 Å². The van der Waals surface area contributed by atoms with Crippen LogP contribution in [0.15, 0.2) is 18.2 Å². The van der Waals surface area contributed by atoms with Gasteiger partial charge in [0, 0.05) is 11.6 Å². The molecule has 1 N–H and O–H groups in total. The van der Waals surface area contributed by atoms with Crippen molar-refractivity contribution in [3.05, 3.63) is 29.6 Å². The molecule has 0 aliphatic carbocycles. The van der Waals surface area contributed by atoms with Crippen LogP contribution in [0.4, 0.5) is 4.39 Å². The zero-order valence-corrected chi connectivity index (χ0v) is 11.6. The summed E-state index contributed by atoms with van der Waals surface area (Å²) >= 11 is 0. The lowest BCUT2D eigenvalue weighted by molar-refractivity contribution is -0.0330. The van der Waals surface area contributed by atoms with Gasteiger partial charge in [0.15, 0.2) is 0 Å². The largest absolute Gasteiger partial charge is 0.490 e. The summed E-state index contributed by atoms with van der Waals surface area (Å²) in [6.07, 6.45) is 1.27. The van der Waals surface area contributed by atoms with Gasteiger partial charge in [0.05, 0.1) is 17.8 Å². The molecule has 3 nitrogen and oxygen atoms in total. The quantitative estimate of drug-likeness (QED) is 0.911. The highest BCUT2D eigenvalue weighted by atomic mass is 19.1. The lowest BCUT2D eigenvalue weighted by Crippen LogP contribution is -2.24. The van der Waals surface area contributed by atoms with Crippen molar-refractivity contribution < 1.29 is 19.0 Å². The van der Waals surface area contributed by atoms with Gasteiger partial charge in [-0.05, 0) is 45.7 Å². The van der Waals surface area contributed by atoms with E-state index in [9.17, 15) is 9.50 Å². The zero-order valence-electron chi connectivity index (χ0n) is 11.6. The molecule has 1 aromatic carbocycles. The second-order valence-corrected chi connectivity index (χ2v) is 5.71. The van der Waals surface area contributed by atoms with Crippen molar-refractivity contribution in [2.75, 3.05) is 6.61 Å². The second-order valence-electron chi connectivity index (χ2n) is 5.71. The summed E-state index contributed by atoms with van der Waals surface area (Å²) in [5, 5.41) is 9.64. The minimum absolute atomic E-state index is 0.0279. The van der Waals surface area contributed by atoms with Gasteiger partial charge in [-0.3, -0.25) is 0 Å². The molecule has 1 aliphatic heterocycles. The molecule has 2 rings (SSSR count). The van der Waals surface area contributed by atoms with E-state index in [1.54, 1.807) is 13.0 Å². The highest BCUT2D eigenvalue weighted by molar-refractivity contribution is 5.35. The van der Waals surface area contributed by atoms with E-state index in [0.717, 1.165) is 12.8 Å². The summed E-state index contributed by atoms with van der Waals surface area (Å²) in [6, 6.07) is 4.18. The molecule has 1 aromatic rings. The van der Waals surface area contributed by atoms with Crippen LogP contribution in [-0.4, -0.2) is 23.4 Å². The fourth-order valence-corrected chi connectivity index (χ4v) is 2.36. The molecule has 0 spiro atoms. The fourth-order valence-electron chi connectivity index (χ4n) is 2.36. The van der Waals surface area contributed by atoms with Crippen molar-refractivity contribution in [1.29, 1.82) is 0 Å². The topological polar surface area (TPSA) is 38.7 Å². The molecule has 0 bridgehead atoms. The molecule has 0 aromatic heterocycles. The molecule has 0 radical (unpaired) electrons. The summed E-state index contributed by atoms with van der Waals surface area (Å²) in [5.41, 5.74) is 0.488. The van der Waals surface area contributed by atoms with Crippen LogP contribution in [0.1, 0.15) is 45.3 Å². The average Bonchev–Trinajstić information content (AvgIpc) is 2.66. The van der Waals surface area contributed by atoms with Gasteiger partial charge in [0.25, 0.3) is 0 Å². The Morgan fingerprint density at radius 2 is 2.26 bits per heavy atom. The number of aliphatic hydroxyl groups excluding tert-OH is 1. The first-order valence-corrected chi connectivity index (χ1v) is 6.65.